The molecule has 0 aliphatic rings. The van der Waals surface area contributed by atoms with Gasteiger partial charge in [-0.15, -0.1) is 0 Å². The van der Waals surface area contributed by atoms with Crippen LogP contribution < -0.4 is 0 Å². The molecule has 0 aliphatic heterocycles. The van der Waals surface area contributed by atoms with Gasteiger partial charge in [0.15, 0.2) is 0 Å². The van der Waals surface area contributed by atoms with E-state index in [1.807, 2.05) is 6.92 Å². The Labute approximate surface area is 49.0 Å². The number of rotatable bonds is 1. The molecule has 0 aliphatic carbocycles. The highest BCUT2D eigenvalue weighted by molar-refractivity contribution is 8.37. The third kappa shape index (κ3) is 6.44. The summed E-state index contributed by atoms with van der Waals surface area (Å²) in [7, 11) is 2.88. The molecule has 7 heavy (non-hydrogen) atoms. The fourth-order valence-electron chi connectivity index (χ4n) is 0. The Kier molecular flexibility index (Phi) is 1.55. The van der Waals surface area contributed by atoms with Crippen molar-refractivity contribution in [3.8, 4) is 0 Å². The molecule has 0 aromatic heterocycles. The molecule has 0 fully saturated rings. The minimum absolute atomic E-state index is 0.554. The van der Waals surface area contributed by atoms with E-state index >= 15 is 0 Å². The van der Waals surface area contributed by atoms with Crippen LogP contribution in [0.1, 0.15) is 6.92 Å². The first kappa shape index (κ1) is 7.44. The van der Waals surface area contributed by atoms with Crippen LogP contribution in [0.3, 0.4) is 0 Å². The van der Waals surface area contributed by atoms with Gasteiger partial charge in [-0.3, -0.25) is 4.21 Å². The molecule has 0 saturated carbocycles. The van der Waals surface area contributed by atoms with Gasteiger partial charge < -0.3 is 0 Å². The highest BCUT2D eigenvalue weighted by Gasteiger charge is 2.16. The van der Waals surface area contributed by atoms with Crippen LogP contribution in [0.25, 0.3) is 0 Å². The van der Waals surface area contributed by atoms with Crippen LogP contribution in [0.4, 0.5) is 0 Å². The smallest absolute Gasteiger partial charge is 0.0127 e. The Morgan fingerprint density at radius 2 is 1.71 bits per heavy atom. The Bertz CT molecular complexity index is 113. The summed E-state index contributed by atoms with van der Waals surface area (Å²) in [5.41, 5.74) is 0. The summed E-state index contributed by atoms with van der Waals surface area (Å²) in [5.74, 6) is 0.554. The van der Waals surface area contributed by atoms with Crippen LogP contribution in [0.5, 0.6) is 0 Å². The standard InChI is InChI=1S/C4H11ClOS/c1-4-7(2,3,5)6/h4H2,1-3H3. The minimum Gasteiger partial charge on any atom is -0.268 e. The van der Waals surface area contributed by atoms with Gasteiger partial charge in [0.2, 0.25) is 0 Å². The van der Waals surface area contributed by atoms with Gasteiger partial charge in [0.1, 0.15) is 0 Å². The van der Waals surface area contributed by atoms with Crippen LogP contribution in [0.15, 0.2) is 0 Å². The third-order valence-electron chi connectivity index (χ3n) is 0.804. The highest BCUT2D eigenvalue weighted by Crippen LogP contribution is 2.21. The van der Waals surface area contributed by atoms with Gasteiger partial charge in [0.05, 0.1) is 0 Å². The second kappa shape index (κ2) is 1.46. The molecule has 0 bridgehead atoms. The van der Waals surface area contributed by atoms with Gasteiger partial charge in [0, 0.05) is 18.3 Å². The molecular weight excluding hydrogens is 132 g/mol. The zero-order valence-electron chi connectivity index (χ0n) is 4.90. The van der Waals surface area contributed by atoms with E-state index in [1.54, 1.807) is 12.5 Å². The second-order valence-corrected chi connectivity index (χ2v) is 9.50. The summed E-state index contributed by atoms with van der Waals surface area (Å²) in [6, 6.07) is 0. The molecule has 0 rings (SSSR count). The van der Waals surface area contributed by atoms with Crippen molar-refractivity contribution in [2.45, 2.75) is 6.92 Å². The fourth-order valence-corrected chi connectivity index (χ4v) is 0. The summed E-state index contributed by atoms with van der Waals surface area (Å²) in [6.45, 7) is 1.82. The van der Waals surface area contributed by atoms with Crippen molar-refractivity contribution in [1.29, 1.82) is 0 Å². The van der Waals surface area contributed by atoms with Crippen molar-refractivity contribution < 1.29 is 4.21 Å². The van der Waals surface area contributed by atoms with Crippen molar-refractivity contribution in [3.63, 3.8) is 0 Å². The number of hydrogen-bond donors (Lipinski definition) is 0. The molecule has 0 heterocycles. The Hall–Kier alpha value is 0.440. The monoisotopic (exact) mass is 142 g/mol. The average molecular weight is 143 g/mol. The minimum atomic E-state index is -2.64. The maximum Gasteiger partial charge on any atom is 0.0127 e. The average Bonchev–Trinajstić information content (AvgIpc) is 1.32. The molecule has 0 atom stereocenters. The van der Waals surface area contributed by atoms with Crippen LogP contribution in [-0.2, 0) is 8.28 Å². The third-order valence-corrected chi connectivity index (χ3v) is 3.07. The van der Waals surface area contributed by atoms with E-state index in [1.165, 1.54) is 0 Å². The van der Waals surface area contributed by atoms with E-state index in [9.17, 15) is 4.21 Å². The summed E-state index contributed by atoms with van der Waals surface area (Å²) < 4.78 is 10.9. The summed E-state index contributed by atoms with van der Waals surface area (Å²) in [6.07, 6.45) is 3.16. The molecular formula is C4H11ClOS. The summed E-state index contributed by atoms with van der Waals surface area (Å²) >= 11 is 0. The van der Waals surface area contributed by atoms with E-state index in [0.29, 0.717) is 5.75 Å². The van der Waals surface area contributed by atoms with Crippen LogP contribution in [-0.4, -0.2) is 22.5 Å². The molecule has 0 unspecified atom stereocenters. The second-order valence-electron chi connectivity index (χ2n) is 2.21. The SMILES string of the molecule is CCS(C)(C)(=O)Cl. The lowest BCUT2D eigenvalue weighted by Gasteiger charge is -2.21. The molecule has 0 amide bonds. The zero-order chi connectivity index (χ0) is 6.15. The van der Waals surface area contributed by atoms with Crippen LogP contribution in [0.2, 0.25) is 0 Å². The molecule has 1 nitrogen and oxygen atoms in total. The predicted molar refractivity (Wildman–Crippen MR) is 36.4 cm³/mol. The molecule has 0 saturated heterocycles. The Balaban J connectivity index is 4.14. The largest absolute Gasteiger partial charge is 0.268 e. The van der Waals surface area contributed by atoms with Gasteiger partial charge in [-0.1, -0.05) is 6.92 Å². The normalized spacial score (nSPS) is 18.0. The van der Waals surface area contributed by atoms with Crippen LogP contribution in [0, 0.1) is 0 Å². The molecule has 0 spiro atoms. The van der Waals surface area contributed by atoms with Crippen molar-refractivity contribution in [2.75, 3.05) is 18.3 Å². The lowest BCUT2D eigenvalue weighted by Crippen LogP contribution is -2.22. The molecule has 3 heteroatoms. The lowest BCUT2D eigenvalue weighted by molar-refractivity contribution is 0.675. The van der Waals surface area contributed by atoms with E-state index in [2.05, 4.69) is 0 Å². The quantitative estimate of drug-likeness (QED) is 0.504. The Morgan fingerprint density at radius 1 is 1.57 bits per heavy atom. The van der Waals surface area contributed by atoms with Crippen molar-refractivity contribution in [3.05, 3.63) is 0 Å². The van der Waals surface area contributed by atoms with E-state index < -0.39 is 8.28 Å². The zero-order valence-corrected chi connectivity index (χ0v) is 6.47. The van der Waals surface area contributed by atoms with E-state index in [0.717, 1.165) is 0 Å². The first-order valence-corrected chi connectivity index (χ1v) is 5.91. The van der Waals surface area contributed by atoms with E-state index in [-0.39, 0.29) is 0 Å². The lowest BCUT2D eigenvalue weighted by atomic mass is 11.0. The van der Waals surface area contributed by atoms with Gasteiger partial charge in [-0.25, -0.2) is 0 Å². The van der Waals surface area contributed by atoms with Gasteiger partial charge in [-0.05, 0) is 19.0 Å². The number of hydrogen-bond acceptors (Lipinski definition) is 1. The van der Waals surface area contributed by atoms with Gasteiger partial charge in [0.25, 0.3) is 0 Å². The summed E-state index contributed by atoms with van der Waals surface area (Å²) in [5, 5.41) is 0. The number of halogens is 1. The predicted octanol–water partition coefficient (Wildman–Crippen LogP) is 1.24. The van der Waals surface area contributed by atoms with Crippen molar-refractivity contribution >= 4 is 19.0 Å². The van der Waals surface area contributed by atoms with Crippen molar-refractivity contribution in [1.82, 2.24) is 0 Å². The molecule has 0 aromatic rings. The summed E-state index contributed by atoms with van der Waals surface area (Å²) in [4.78, 5) is 0. The Morgan fingerprint density at radius 3 is 1.71 bits per heavy atom. The first-order chi connectivity index (χ1) is 2.81. The molecule has 0 radical (unpaired) electrons. The van der Waals surface area contributed by atoms with Crippen LogP contribution >= 0.6 is 10.7 Å². The van der Waals surface area contributed by atoms with Gasteiger partial charge >= 0.3 is 0 Å². The van der Waals surface area contributed by atoms with E-state index in [4.69, 9.17) is 10.7 Å². The highest BCUT2D eigenvalue weighted by atomic mass is 35.7. The molecule has 0 aromatic carbocycles. The van der Waals surface area contributed by atoms with Crippen molar-refractivity contribution in [2.24, 2.45) is 0 Å². The topological polar surface area (TPSA) is 17.1 Å². The van der Waals surface area contributed by atoms with Gasteiger partial charge in [-0.2, -0.15) is 0 Å². The molecule has 0 N–H and O–H groups in total. The fraction of sp³-hybridized carbons (Fsp3) is 1.00. The first-order valence-electron chi connectivity index (χ1n) is 2.13. The maximum absolute atomic E-state index is 10.9. The molecule has 46 valence electrons. The maximum atomic E-state index is 10.9.